The fourth-order valence-electron chi connectivity index (χ4n) is 3.41. The van der Waals surface area contributed by atoms with Crippen molar-refractivity contribution in [2.75, 3.05) is 0 Å². The molecule has 0 atom stereocenters. The van der Waals surface area contributed by atoms with Crippen molar-refractivity contribution < 1.29 is 28.7 Å². The number of rotatable bonds is 6. The summed E-state index contributed by atoms with van der Waals surface area (Å²) >= 11 is 0. The summed E-state index contributed by atoms with van der Waals surface area (Å²) < 4.78 is 9.19. The second-order valence-corrected chi connectivity index (χ2v) is 6.67. The zero-order valence-corrected chi connectivity index (χ0v) is 14.4. The van der Waals surface area contributed by atoms with E-state index in [1.54, 1.807) is 24.3 Å². The molecule has 0 saturated carbocycles. The Morgan fingerprint density at radius 3 is 1.37 bits per heavy atom. The van der Waals surface area contributed by atoms with Gasteiger partial charge in [0.25, 0.3) is 0 Å². The highest BCUT2D eigenvalue weighted by atomic mass is 16.6. The van der Waals surface area contributed by atoms with Gasteiger partial charge in [0.1, 0.15) is 0 Å². The van der Waals surface area contributed by atoms with Gasteiger partial charge in [0.2, 0.25) is 0 Å². The highest BCUT2D eigenvalue weighted by molar-refractivity contribution is 6.15. The molecule has 27 heavy (non-hydrogen) atoms. The van der Waals surface area contributed by atoms with Crippen LogP contribution in [0.4, 0.5) is 0 Å². The Morgan fingerprint density at radius 1 is 0.519 bits per heavy atom. The molecular weight excluding hydrogens is 348 g/mol. The predicted molar refractivity (Wildman–Crippen MR) is 93.6 cm³/mol. The molecule has 2 aromatic rings. The average Bonchev–Trinajstić information content (AvgIpc) is 3.10. The molecule has 6 nitrogen and oxygen atoms in total. The standard InChI is InChI=1S/C21H16O6/c22-18-14-8-6-12(10-16(14)20(24)26-18)4-2-1-3-5-13-7-9-15-17(11-13)21(25)27-19(15)23/h6-11H,1-5H2. The van der Waals surface area contributed by atoms with Crippen LogP contribution in [0.15, 0.2) is 36.4 Å². The maximum Gasteiger partial charge on any atom is 0.346 e. The van der Waals surface area contributed by atoms with E-state index in [0.29, 0.717) is 22.3 Å². The molecule has 0 aromatic heterocycles. The molecule has 0 N–H and O–H groups in total. The number of unbranched alkanes of at least 4 members (excludes halogenated alkanes) is 2. The summed E-state index contributed by atoms with van der Waals surface area (Å²) in [4.78, 5) is 46.1. The van der Waals surface area contributed by atoms with Gasteiger partial charge in [-0.05, 0) is 61.1 Å². The van der Waals surface area contributed by atoms with Gasteiger partial charge in [-0.15, -0.1) is 0 Å². The lowest BCUT2D eigenvalue weighted by Crippen LogP contribution is -1.97. The highest BCUT2D eigenvalue weighted by Crippen LogP contribution is 2.23. The van der Waals surface area contributed by atoms with Crippen LogP contribution in [0.1, 0.15) is 71.8 Å². The van der Waals surface area contributed by atoms with E-state index in [0.717, 1.165) is 43.2 Å². The van der Waals surface area contributed by atoms with Crippen LogP contribution in [0.3, 0.4) is 0 Å². The number of aryl methyl sites for hydroxylation is 2. The summed E-state index contributed by atoms with van der Waals surface area (Å²) in [6.45, 7) is 0. The first kappa shape index (κ1) is 17.1. The van der Waals surface area contributed by atoms with Gasteiger partial charge in [-0.25, -0.2) is 19.2 Å². The van der Waals surface area contributed by atoms with Crippen LogP contribution in [0.2, 0.25) is 0 Å². The molecular formula is C21H16O6. The summed E-state index contributed by atoms with van der Waals surface area (Å²) in [7, 11) is 0. The van der Waals surface area contributed by atoms with Crippen molar-refractivity contribution in [3.05, 3.63) is 69.8 Å². The van der Waals surface area contributed by atoms with Crippen molar-refractivity contribution in [1.29, 1.82) is 0 Å². The second-order valence-electron chi connectivity index (χ2n) is 6.67. The van der Waals surface area contributed by atoms with E-state index < -0.39 is 23.9 Å². The van der Waals surface area contributed by atoms with Crippen molar-refractivity contribution in [2.45, 2.75) is 32.1 Å². The Kier molecular flexibility index (Phi) is 4.32. The molecule has 0 spiro atoms. The van der Waals surface area contributed by atoms with Crippen LogP contribution < -0.4 is 0 Å². The van der Waals surface area contributed by atoms with E-state index in [1.165, 1.54) is 0 Å². The molecule has 0 amide bonds. The maximum atomic E-state index is 11.6. The van der Waals surface area contributed by atoms with Gasteiger partial charge in [-0.2, -0.15) is 0 Å². The minimum Gasteiger partial charge on any atom is -0.386 e. The van der Waals surface area contributed by atoms with Gasteiger partial charge in [-0.3, -0.25) is 0 Å². The lowest BCUT2D eigenvalue weighted by molar-refractivity contribution is 0.0425. The summed E-state index contributed by atoms with van der Waals surface area (Å²) in [5.74, 6) is -2.32. The molecule has 2 aromatic carbocycles. The van der Waals surface area contributed by atoms with Gasteiger partial charge in [0.15, 0.2) is 0 Å². The average molecular weight is 364 g/mol. The molecule has 6 heteroatoms. The van der Waals surface area contributed by atoms with Crippen LogP contribution in [0.5, 0.6) is 0 Å². The Labute approximate surface area is 155 Å². The third-order valence-corrected chi connectivity index (χ3v) is 4.85. The number of carbonyl (C=O) groups is 4. The first-order valence-electron chi connectivity index (χ1n) is 8.82. The number of cyclic esters (lactones) is 4. The Bertz CT molecular complexity index is 909. The molecule has 0 radical (unpaired) electrons. The monoisotopic (exact) mass is 364 g/mol. The van der Waals surface area contributed by atoms with Crippen LogP contribution >= 0.6 is 0 Å². The van der Waals surface area contributed by atoms with E-state index in [2.05, 4.69) is 9.47 Å². The Balaban J connectivity index is 1.28. The lowest BCUT2D eigenvalue weighted by Gasteiger charge is -2.04. The minimum atomic E-state index is -0.582. The topological polar surface area (TPSA) is 86.7 Å². The molecule has 136 valence electrons. The van der Waals surface area contributed by atoms with Gasteiger partial charge < -0.3 is 9.47 Å². The van der Waals surface area contributed by atoms with E-state index in [1.807, 2.05) is 12.1 Å². The van der Waals surface area contributed by atoms with Gasteiger partial charge in [-0.1, -0.05) is 18.6 Å². The first-order chi connectivity index (χ1) is 13.0. The maximum absolute atomic E-state index is 11.6. The lowest BCUT2D eigenvalue weighted by atomic mass is 9.99. The van der Waals surface area contributed by atoms with Crippen molar-refractivity contribution in [3.8, 4) is 0 Å². The van der Waals surface area contributed by atoms with E-state index in [9.17, 15) is 19.2 Å². The predicted octanol–water partition coefficient (Wildman–Crippen LogP) is 3.26. The molecule has 2 aliphatic rings. The van der Waals surface area contributed by atoms with Gasteiger partial charge >= 0.3 is 23.9 Å². The fourth-order valence-corrected chi connectivity index (χ4v) is 3.41. The van der Waals surface area contributed by atoms with Crippen molar-refractivity contribution in [3.63, 3.8) is 0 Å². The number of fused-ring (bicyclic) bond motifs is 2. The zero-order valence-electron chi connectivity index (χ0n) is 14.4. The summed E-state index contributed by atoms with van der Waals surface area (Å²) in [5, 5.41) is 0. The number of hydrogen-bond donors (Lipinski definition) is 0. The molecule has 0 bridgehead atoms. The summed E-state index contributed by atoms with van der Waals surface area (Å²) in [6.07, 6.45) is 4.46. The molecule has 0 unspecified atom stereocenters. The number of hydrogen-bond acceptors (Lipinski definition) is 6. The second kappa shape index (κ2) is 6.79. The first-order valence-corrected chi connectivity index (χ1v) is 8.82. The number of esters is 4. The van der Waals surface area contributed by atoms with E-state index in [-0.39, 0.29) is 0 Å². The van der Waals surface area contributed by atoms with Crippen molar-refractivity contribution in [1.82, 2.24) is 0 Å². The van der Waals surface area contributed by atoms with Gasteiger partial charge in [0.05, 0.1) is 22.3 Å². The molecule has 0 saturated heterocycles. The SMILES string of the molecule is O=C1OC(=O)c2cc(CCCCCc3ccc4c(c3)C(=O)OC4=O)ccc21. The summed E-state index contributed by atoms with van der Waals surface area (Å²) in [6, 6.07) is 10.4. The third-order valence-electron chi connectivity index (χ3n) is 4.85. The molecule has 0 aliphatic carbocycles. The largest absolute Gasteiger partial charge is 0.386 e. The minimum absolute atomic E-state index is 0.331. The number of benzene rings is 2. The molecule has 2 heterocycles. The fraction of sp³-hybridized carbons (Fsp3) is 0.238. The third kappa shape index (κ3) is 3.26. The summed E-state index contributed by atoms with van der Waals surface area (Å²) in [5.41, 5.74) is 3.35. The zero-order chi connectivity index (χ0) is 19.0. The van der Waals surface area contributed by atoms with Crippen LogP contribution in [0.25, 0.3) is 0 Å². The van der Waals surface area contributed by atoms with Crippen LogP contribution in [-0.4, -0.2) is 23.9 Å². The smallest absolute Gasteiger partial charge is 0.346 e. The van der Waals surface area contributed by atoms with Crippen molar-refractivity contribution >= 4 is 23.9 Å². The Hall–Kier alpha value is -3.28. The van der Waals surface area contributed by atoms with E-state index in [4.69, 9.17) is 0 Å². The number of ether oxygens (including phenoxy) is 2. The number of carbonyl (C=O) groups excluding carboxylic acids is 4. The quantitative estimate of drug-likeness (QED) is 0.444. The van der Waals surface area contributed by atoms with Gasteiger partial charge in [0, 0.05) is 0 Å². The molecule has 4 rings (SSSR count). The Morgan fingerprint density at radius 2 is 0.926 bits per heavy atom. The van der Waals surface area contributed by atoms with E-state index >= 15 is 0 Å². The van der Waals surface area contributed by atoms with Crippen LogP contribution in [-0.2, 0) is 22.3 Å². The van der Waals surface area contributed by atoms with Crippen molar-refractivity contribution in [2.24, 2.45) is 0 Å². The normalized spacial score (nSPS) is 14.8. The highest BCUT2D eigenvalue weighted by Gasteiger charge is 2.30. The van der Waals surface area contributed by atoms with Crippen LogP contribution in [0, 0.1) is 0 Å². The molecule has 2 aliphatic heterocycles. The molecule has 0 fully saturated rings.